The highest BCUT2D eigenvalue weighted by molar-refractivity contribution is 5.69. The van der Waals surface area contributed by atoms with E-state index in [0.29, 0.717) is 17.9 Å². The van der Waals surface area contributed by atoms with E-state index >= 15 is 0 Å². The summed E-state index contributed by atoms with van der Waals surface area (Å²) >= 11 is 0. The molecule has 82 valence electrons. The first-order valence-corrected chi connectivity index (χ1v) is 4.69. The minimum atomic E-state index is -2.63. The average Bonchev–Trinajstić information content (AvgIpc) is 2.46. The standard InChI is InChI=1S/C10H12F2N2O/c11-10(12)3-4-14(6-10)9-2-1-7(15)5-8(9)13/h1-2,5,15H,3-4,6,13H2. The maximum atomic E-state index is 13.0. The molecule has 0 saturated carbocycles. The molecule has 3 nitrogen and oxygen atoms in total. The lowest BCUT2D eigenvalue weighted by Crippen LogP contribution is -2.25. The maximum Gasteiger partial charge on any atom is 0.266 e. The number of nitrogens with two attached hydrogens (primary N) is 1. The zero-order valence-corrected chi connectivity index (χ0v) is 8.08. The second-order valence-electron chi connectivity index (χ2n) is 3.77. The molecule has 1 aliphatic rings. The molecule has 15 heavy (non-hydrogen) atoms. The van der Waals surface area contributed by atoms with Crippen molar-refractivity contribution in [1.29, 1.82) is 0 Å². The Bertz CT molecular complexity index is 382. The second kappa shape index (κ2) is 3.25. The molecule has 3 N–H and O–H groups in total. The predicted octanol–water partition coefficient (Wildman–Crippen LogP) is 1.82. The molecule has 0 aromatic heterocycles. The summed E-state index contributed by atoms with van der Waals surface area (Å²) in [5.41, 5.74) is 6.53. The van der Waals surface area contributed by atoms with Gasteiger partial charge >= 0.3 is 0 Å². The number of hydrogen-bond donors (Lipinski definition) is 2. The van der Waals surface area contributed by atoms with E-state index in [2.05, 4.69) is 0 Å². The van der Waals surface area contributed by atoms with E-state index in [9.17, 15) is 8.78 Å². The van der Waals surface area contributed by atoms with Crippen LogP contribution in [0.1, 0.15) is 6.42 Å². The third-order valence-electron chi connectivity index (χ3n) is 2.52. The van der Waals surface area contributed by atoms with Crippen molar-refractivity contribution in [2.75, 3.05) is 23.7 Å². The lowest BCUT2D eigenvalue weighted by Gasteiger charge is -2.20. The molecule has 2 rings (SSSR count). The van der Waals surface area contributed by atoms with Crippen molar-refractivity contribution in [1.82, 2.24) is 0 Å². The van der Waals surface area contributed by atoms with Gasteiger partial charge in [-0.25, -0.2) is 8.78 Å². The van der Waals surface area contributed by atoms with Gasteiger partial charge in [-0.2, -0.15) is 0 Å². The van der Waals surface area contributed by atoms with Crippen LogP contribution in [0, 0.1) is 0 Å². The Balaban J connectivity index is 2.24. The fourth-order valence-electron chi connectivity index (χ4n) is 1.77. The summed E-state index contributed by atoms with van der Waals surface area (Å²) in [5, 5.41) is 9.14. The van der Waals surface area contributed by atoms with Gasteiger partial charge in [0.2, 0.25) is 0 Å². The number of rotatable bonds is 1. The van der Waals surface area contributed by atoms with Gasteiger partial charge in [-0.15, -0.1) is 0 Å². The minimum Gasteiger partial charge on any atom is -0.508 e. The molecule has 0 aliphatic carbocycles. The number of halogens is 2. The minimum absolute atomic E-state index is 0.0437. The van der Waals surface area contributed by atoms with Crippen molar-refractivity contribution in [3.05, 3.63) is 18.2 Å². The van der Waals surface area contributed by atoms with Crippen LogP contribution in [-0.4, -0.2) is 24.1 Å². The van der Waals surface area contributed by atoms with Gasteiger partial charge in [-0.05, 0) is 12.1 Å². The van der Waals surface area contributed by atoms with E-state index in [1.54, 1.807) is 6.07 Å². The molecule has 1 aliphatic heterocycles. The Morgan fingerprint density at radius 3 is 2.67 bits per heavy atom. The Hall–Kier alpha value is -1.52. The third-order valence-corrected chi connectivity index (χ3v) is 2.52. The first kappa shape index (κ1) is 10.0. The molecular weight excluding hydrogens is 202 g/mol. The van der Waals surface area contributed by atoms with Crippen LogP contribution in [0.25, 0.3) is 0 Å². The van der Waals surface area contributed by atoms with Crippen molar-refractivity contribution < 1.29 is 13.9 Å². The van der Waals surface area contributed by atoms with Crippen LogP contribution >= 0.6 is 0 Å². The van der Waals surface area contributed by atoms with Crippen LogP contribution in [0.5, 0.6) is 5.75 Å². The SMILES string of the molecule is Nc1cc(O)ccc1N1CCC(F)(F)C1. The normalized spacial score (nSPS) is 19.5. The molecular formula is C10H12F2N2O. The third kappa shape index (κ3) is 1.95. The van der Waals surface area contributed by atoms with Gasteiger partial charge in [0, 0.05) is 19.0 Å². The van der Waals surface area contributed by atoms with Crippen molar-refractivity contribution in [3.8, 4) is 5.75 Å². The average molecular weight is 214 g/mol. The highest BCUT2D eigenvalue weighted by Crippen LogP contribution is 2.34. The van der Waals surface area contributed by atoms with Crippen LogP contribution in [0.15, 0.2) is 18.2 Å². The summed E-state index contributed by atoms with van der Waals surface area (Å²) in [7, 11) is 0. The zero-order chi connectivity index (χ0) is 11.1. The topological polar surface area (TPSA) is 49.5 Å². The molecule has 1 fully saturated rings. The number of phenolic OH excluding ortho intramolecular Hbond substituents is 1. The van der Waals surface area contributed by atoms with Crippen LogP contribution in [-0.2, 0) is 0 Å². The van der Waals surface area contributed by atoms with Crippen molar-refractivity contribution in [3.63, 3.8) is 0 Å². The molecule has 1 heterocycles. The first-order valence-electron chi connectivity index (χ1n) is 4.69. The van der Waals surface area contributed by atoms with E-state index in [1.165, 1.54) is 17.0 Å². The zero-order valence-electron chi connectivity index (χ0n) is 8.08. The second-order valence-corrected chi connectivity index (χ2v) is 3.77. The quantitative estimate of drug-likeness (QED) is 0.701. The molecule has 1 saturated heterocycles. The van der Waals surface area contributed by atoms with Crippen molar-refractivity contribution in [2.24, 2.45) is 0 Å². The van der Waals surface area contributed by atoms with Gasteiger partial charge in [0.05, 0.1) is 17.9 Å². The number of hydrogen-bond acceptors (Lipinski definition) is 3. The number of phenols is 1. The number of alkyl halides is 2. The Kier molecular flexibility index (Phi) is 2.17. The van der Waals surface area contributed by atoms with Gasteiger partial charge < -0.3 is 15.7 Å². The summed E-state index contributed by atoms with van der Waals surface area (Å²) < 4.78 is 25.9. The summed E-state index contributed by atoms with van der Waals surface area (Å²) in [6, 6.07) is 4.38. The molecule has 0 amide bonds. The fourth-order valence-corrected chi connectivity index (χ4v) is 1.77. The van der Waals surface area contributed by atoms with E-state index in [-0.39, 0.29) is 18.7 Å². The highest BCUT2D eigenvalue weighted by atomic mass is 19.3. The maximum absolute atomic E-state index is 13.0. The molecule has 0 bridgehead atoms. The van der Waals surface area contributed by atoms with Crippen molar-refractivity contribution >= 4 is 11.4 Å². The van der Waals surface area contributed by atoms with Crippen LogP contribution in [0.3, 0.4) is 0 Å². The Morgan fingerprint density at radius 2 is 2.13 bits per heavy atom. The summed E-state index contributed by atoms with van der Waals surface area (Å²) in [6.45, 7) is -0.00997. The summed E-state index contributed by atoms with van der Waals surface area (Å²) in [6.07, 6.45) is -0.146. The van der Waals surface area contributed by atoms with Crippen LogP contribution in [0.4, 0.5) is 20.2 Å². The molecule has 5 heteroatoms. The highest BCUT2D eigenvalue weighted by Gasteiger charge is 2.38. The summed E-state index contributed by atoms with van der Waals surface area (Å²) in [4.78, 5) is 1.54. The number of aromatic hydroxyl groups is 1. The molecule has 0 unspecified atom stereocenters. The van der Waals surface area contributed by atoms with E-state index in [4.69, 9.17) is 10.8 Å². The van der Waals surface area contributed by atoms with E-state index in [0.717, 1.165) is 0 Å². The first-order chi connectivity index (χ1) is 6.98. The summed E-state index contributed by atoms with van der Waals surface area (Å²) in [5.74, 6) is -2.59. The van der Waals surface area contributed by atoms with Gasteiger partial charge in [0.1, 0.15) is 5.75 Å². The largest absolute Gasteiger partial charge is 0.508 e. The monoisotopic (exact) mass is 214 g/mol. The lowest BCUT2D eigenvalue weighted by molar-refractivity contribution is 0.0257. The molecule has 0 atom stereocenters. The van der Waals surface area contributed by atoms with E-state index < -0.39 is 5.92 Å². The van der Waals surface area contributed by atoms with Crippen LogP contribution in [0.2, 0.25) is 0 Å². The van der Waals surface area contributed by atoms with E-state index in [1.807, 2.05) is 0 Å². The fraction of sp³-hybridized carbons (Fsp3) is 0.400. The number of nitrogen functional groups attached to an aromatic ring is 1. The van der Waals surface area contributed by atoms with Crippen LogP contribution < -0.4 is 10.6 Å². The smallest absolute Gasteiger partial charge is 0.266 e. The lowest BCUT2D eigenvalue weighted by atomic mass is 10.2. The molecule has 1 aromatic carbocycles. The Morgan fingerprint density at radius 1 is 1.40 bits per heavy atom. The van der Waals surface area contributed by atoms with Gasteiger partial charge in [0.15, 0.2) is 0 Å². The molecule has 0 spiro atoms. The van der Waals surface area contributed by atoms with Crippen molar-refractivity contribution in [2.45, 2.75) is 12.3 Å². The Labute approximate surface area is 86.1 Å². The van der Waals surface area contributed by atoms with Gasteiger partial charge in [-0.3, -0.25) is 0 Å². The number of anilines is 2. The van der Waals surface area contributed by atoms with Gasteiger partial charge in [-0.1, -0.05) is 0 Å². The number of benzene rings is 1. The molecule has 1 aromatic rings. The van der Waals surface area contributed by atoms with Gasteiger partial charge in [0.25, 0.3) is 5.92 Å². The number of nitrogens with zero attached hydrogens (tertiary/aromatic N) is 1. The predicted molar refractivity (Wildman–Crippen MR) is 54.3 cm³/mol. The molecule has 0 radical (unpaired) electrons.